The Hall–Kier alpha value is -3.17. The molecule has 1 aromatic heterocycles. The molecular weight excluding hydrogens is 480 g/mol. The SMILES string of the molecule is COc1ccc(C(=O)C2C3C=CC4(O3)C2C(=O)N(Cc2cccs2)C4C(=O)NC2CCCC2)c(O)c1. The molecule has 9 heteroatoms. The lowest BCUT2D eigenvalue weighted by molar-refractivity contribution is -0.140. The zero-order valence-electron chi connectivity index (χ0n) is 19.9. The number of aromatic hydroxyl groups is 1. The molecule has 2 amide bonds. The van der Waals surface area contributed by atoms with Crippen LogP contribution in [0, 0.1) is 11.8 Å². The lowest BCUT2D eigenvalue weighted by Gasteiger charge is -2.32. The van der Waals surface area contributed by atoms with E-state index < -0.39 is 29.6 Å². The number of thiophene rings is 1. The number of fused-ring (bicyclic) bond motifs is 1. The number of rotatable bonds is 7. The van der Waals surface area contributed by atoms with Gasteiger partial charge in [0, 0.05) is 17.0 Å². The molecule has 2 N–H and O–H groups in total. The third-order valence-electron chi connectivity index (χ3n) is 8.00. The van der Waals surface area contributed by atoms with E-state index in [2.05, 4.69) is 5.32 Å². The van der Waals surface area contributed by atoms with Gasteiger partial charge in [-0.25, -0.2) is 0 Å². The number of Topliss-reactive ketones (excluding diaryl/α,β-unsaturated/α-hetero) is 1. The summed E-state index contributed by atoms with van der Waals surface area (Å²) < 4.78 is 11.5. The van der Waals surface area contributed by atoms with Gasteiger partial charge < -0.3 is 24.8 Å². The van der Waals surface area contributed by atoms with Gasteiger partial charge in [0.25, 0.3) is 0 Å². The molecule has 0 radical (unpaired) electrons. The normalized spacial score (nSPS) is 30.7. The Morgan fingerprint density at radius 2 is 2.08 bits per heavy atom. The Balaban J connectivity index is 1.37. The van der Waals surface area contributed by atoms with Gasteiger partial charge in [-0.05, 0) is 36.4 Å². The number of hydrogen-bond donors (Lipinski definition) is 2. The first-order valence-electron chi connectivity index (χ1n) is 12.3. The van der Waals surface area contributed by atoms with Crippen LogP contribution in [-0.4, -0.2) is 58.5 Å². The van der Waals surface area contributed by atoms with Gasteiger partial charge in [0.15, 0.2) is 5.78 Å². The van der Waals surface area contributed by atoms with Crippen molar-refractivity contribution in [1.82, 2.24) is 10.2 Å². The molecule has 2 saturated heterocycles. The van der Waals surface area contributed by atoms with E-state index in [0.29, 0.717) is 5.75 Å². The van der Waals surface area contributed by atoms with Crippen molar-refractivity contribution in [2.75, 3.05) is 7.11 Å². The summed E-state index contributed by atoms with van der Waals surface area (Å²) in [4.78, 5) is 44.0. The molecule has 1 aliphatic carbocycles. The van der Waals surface area contributed by atoms with Gasteiger partial charge in [-0.3, -0.25) is 14.4 Å². The number of nitrogens with zero attached hydrogens (tertiary/aromatic N) is 1. The Morgan fingerprint density at radius 3 is 2.78 bits per heavy atom. The van der Waals surface area contributed by atoms with Crippen LogP contribution in [0.2, 0.25) is 0 Å². The van der Waals surface area contributed by atoms with Crippen LogP contribution in [0.3, 0.4) is 0 Å². The highest BCUT2D eigenvalue weighted by atomic mass is 32.1. The van der Waals surface area contributed by atoms with Crippen LogP contribution in [0.4, 0.5) is 0 Å². The van der Waals surface area contributed by atoms with E-state index in [9.17, 15) is 19.5 Å². The molecule has 8 nitrogen and oxygen atoms in total. The standard InChI is InChI=1S/C27H28N2O6S/c1-34-16-8-9-18(19(30)13-16)23(31)21-20-10-11-27(35-20)22(21)26(33)29(14-17-7-4-12-36-17)24(27)25(32)28-15-5-2-3-6-15/h4,7-13,15,20-22,24,30H,2-3,5-6,14H2,1H3,(H,28,32). The fraction of sp³-hybridized carbons (Fsp3) is 0.444. The Morgan fingerprint density at radius 1 is 1.28 bits per heavy atom. The van der Waals surface area contributed by atoms with Crippen molar-refractivity contribution in [3.05, 3.63) is 58.3 Å². The van der Waals surface area contributed by atoms with E-state index in [1.807, 2.05) is 23.6 Å². The summed E-state index contributed by atoms with van der Waals surface area (Å²) in [7, 11) is 1.48. The first kappa shape index (κ1) is 23.2. The van der Waals surface area contributed by atoms with E-state index in [1.165, 1.54) is 30.6 Å². The number of ether oxygens (including phenoxy) is 2. The highest BCUT2D eigenvalue weighted by Crippen LogP contribution is 2.56. The molecule has 1 saturated carbocycles. The molecule has 2 bridgehead atoms. The molecule has 2 aromatic rings. The van der Waals surface area contributed by atoms with Gasteiger partial charge in [-0.1, -0.05) is 31.1 Å². The number of ketones is 1. The van der Waals surface area contributed by atoms with Gasteiger partial charge >= 0.3 is 0 Å². The molecule has 1 spiro atoms. The molecule has 188 valence electrons. The van der Waals surface area contributed by atoms with Crippen LogP contribution >= 0.6 is 11.3 Å². The summed E-state index contributed by atoms with van der Waals surface area (Å²) in [5.41, 5.74) is -1.11. The van der Waals surface area contributed by atoms with E-state index in [0.717, 1.165) is 30.6 Å². The van der Waals surface area contributed by atoms with E-state index in [-0.39, 0.29) is 41.5 Å². The van der Waals surface area contributed by atoms with Gasteiger partial charge in [0.2, 0.25) is 11.8 Å². The van der Waals surface area contributed by atoms with Gasteiger partial charge in [-0.2, -0.15) is 0 Å². The zero-order chi connectivity index (χ0) is 25.0. The van der Waals surface area contributed by atoms with Crippen LogP contribution in [0.5, 0.6) is 11.5 Å². The molecular formula is C27H28N2O6S. The van der Waals surface area contributed by atoms with Crippen molar-refractivity contribution in [3.8, 4) is 11.5 Å². The number of phenolic OH excluding ortho intramolecular Hbond substituents is 1. The first-order chi connectivity index (χ1) is 17.4. The molecule has 36 heavy (non-hydrogen) atoms. The second kappa shape index (κ2) is 8.74. The van der Waals surface area contributed by atoms with Crippen molar-refractivity contribution in [3.63, 3.8) is 0 Å². The summed E-state index contributed by atoms with van der Waals surface area (Å²) in [6.07, 6.45) is 6.94. The third kappa shape index (κ3) is 3.48. The number of methoxy groups -OCH3 is 1. The number of carbonyl (C=O) groups is 3. The molecule has 6 rings (SSSR count). The summed E-state index contributed by atoms with van der Waals surface area (Å²) in [5.74, 6) is -2.35. The lowest BCUT2D eigenvalue weighted by atomic mass is 9.72. The number of benzene rings is 1. The number of likely N-dealkylation sites (tertiary alicyclic amines) is 1. The Kier molecular flexibility index (Phi) is 5.64. The molecule has 3 aliphatic heterocycles. The predicted molar refractivity (Wildman–Crippen MR) is 132 cm³/mol. The monoisotopic (exact) mass is 508 g/mol. The summed E-state index contributed by atoms with van der Waals surface area (Å²) in [6.45, 7) is 0.272. The zero-order valence-corrected chi connectivity index (χ0v) is 20.7. The van der Waals surface area contributed by atoms with Crippen LogP contribution in [-0.2, 0) is 20.9 Å². The quantitative estimate of drug-likeness (QED) is 0.440. The second-order valence-corrected chi connectivity index (χ2v) is 11.0. The van der Waals surface area contributed by atoms with E-state index in [4.69, 9.17) is 9.47 Å². The minimum absolute atomic E-state index is 0.0860. The largest absolute Gasteiger partial charge is 0.507 e. The van der Waals surface area contributed by atoms with Crippen LogP contribution < -0.4 is 10.1 Å². The summed E-state index contributed by atoms with van der Waals surface area (Å²) >= 11 is 1.52. The van der Waals surface area contributed by atoms with Crippen molar-refractivity contribution >= 4 is 28.9 Å². The van der Waals surface area contributed by atoms with Crippen molar-refractivity contribution in [1.29, 1.82) is 0 Å². The average molecular weight is 509 g/mol. The van der Waals surface area contributed by atoms with Crippen molar-refractivity contribution in [2.24, 2.45) is 11.8 Å². The molecule has 4 aliphatic rings. The second-order valence-electron chi connectivity index (χ2n) is 9.98. The maximum absolute atomic E-state index is 14.0. The summed E-state index contributed by atoms with van der Waals surface area (Å²) in [6, 6.07) is 7.54. The molecule has 3 fully saturated rings. The molecule has 5 atom stereocenters. The maximum Gasteiger partial charge on any atom is 0.246 e. The number of nitrogens with one attached hydrogen (secondary N) is 1. The maximum atomic E-state index is 14.0. The minimum Gasteiger partial charge on any atom is -0.507 e. The van der Waals surface area contributed by atoms with Crippen molar-refractivity contribution in [2.45, 2.75) is 56.0 Å². The summed E-state index contributed by atoms with van der Waals surface area (Å²) in [5, 5.41) is 15.6. The van der Waals surface area contributed by atoms with Gasteiger partial charge in [-0.15, -0.1) is 11.3 Å². The topological polar surface area (TPSA) is 105 Å². The Labute approximate surface area is 212 Å². The molecule has 1 aromatic carbocycles. The van der Waals surface area contributed by atoms with Crippen LogP contribution in [0.1, 0.15) is 40.9 Å². The lowest BCUT2D eigenvalue weighted by Crippen LogP contribution is -2.55. The number of carbonyl (C=O) groups excluding carboxylic acids is 3. The average Bonchev–Trinajstić information content (AvgIpc) is 3.69. The van der Waals surface area contributed by atoms with Gasteiger partial charge in [0.05, 0.1) is 37.2 Å². The van der Waals surface area contributed by atoms with Crippen LogP contribution in [0.25, 0.3) is 0 Å². The number of hydrogen-bond acceptors (Lipinski definition) is 7. The molecule has 4 heterocycles. The highest BCUT2D eigenvalue weighted by molar-refractivity contribution is 7.09. The molecule has 5 unspecified atom stereocenters. The smallest absolute Gasteiger partial charge is 0.246 e. The minimum atomic E-state index is -1.22. The van der Waals surface area contributed by atoms with E-state index in [1.54, 1.807) is 17.0 Å². The number of phenols is 1. The van der Waals surface area contributed by atoms with Crippen LogP contribution in [0.15, 0.2) is 47.9 Å². The number of amides is 2. The fourth-order valence-electron chi connectivity index (χ4n) is 6.38. The highest BCUT2D eigenvalue weighted by Gasteiger charge is 2.72. The van der Waals surface area contributed by atoms with Crippen molar-refractivity contribution < 1.29 is 29.0 Å². The predicted octanol–water partition coefficient (Wildman–Crippen LogP) is 3.05. The van der Waals surface area contributed by atoms with E-state index >= 15 is 0 Å². The fourth-order valence-corrected chi connectivity index (χ4v) is 7.09. The Bertz CT molecular complexity index is 1240. The third-order valence-corrected chi connectivity index (χ3v) is 8.86. The first-order valence-corrected chi connectivity index (χ1v) is 13.2. The van der Waals surface area contributed by atoms with Gasteiger partial charge in [0.1, 0.15) is 23.1 Å².